The van der Waals surface area contributed by atoms with Crippen LogP contribution in [0.15, 0.2) is 35.2 Å². The van der Waals surface area contributed by atoms with Gasteiger partial charge in [-0.25, -0.2) is 13.2 Å². The van der Waals surface area contributed by atoms with Crippen molar-refractivity contribution in [3.63, 3.8) is 0 Å². The van der Waals surface area contributed by atoms with Crippen molar-refractivity contribution in [1.29, 1.82) is 0 Å². The van der Waals surface area contributed by atoms with E-state index in [1.54, 1.807) is 6.07 Å². The van der Waals surface area contributed by atoms with Crippen molar-refractivity contribution in [3.8, 4) is 0 Å². The van der Waals surface area contributed by atoms with Crippen LogP contribution in [-0.2, 0) is 32.2 Å². The third-order valence-corrected chi connectivity index (χ3v) is 6.74. The summed E-state index contributed by atoms with van der Waals surface area (Å²) in [5.74, 6) is -0.421. The Labute approximate surface area is 162 Å². The summed E-state index contributed by atoms with van der Waals surface area (Å²) in [6.45, 7) is 1.77. The van der Waals surface area contributed by atoms with E-state index in [-0.39, 0.29) is 4.90 Å². The number of rotatable bonds is 5. The number of fused-ring (bicyclic) bond motifs is 1. The highest BCUT2D eigenvalue weighted by Gasteiger charge is 2.21. The van der Waals surface area contributed by atoms with E-state index in [0.717, 1.165) is 25.5 Å². The highest BCUT2D eigenvalue weighted by Crippen LogP contribution is 2.32. The number of carbonyl (C=O) groups excluding carboxylic acids is 2. The normalized spacial score (nSPS) is 16.4. The maximum Gasteiger partial charge on any atom is 0.348 e. The number of sulfone groups is 1. The van der Waals surface area contributed by atoms with Crippen LogP contribution in [0.3, 0.4) is 0 Å². The highest BCUT2D eigenvalue weighted by molar-refractivity contribution is 7.90. The molecule has 1 amide bonds. The van der Waals surface area contributed by atoms with Gasteiger partial charge in [0.2, 0.25) is 0 Å². The van der Waals surface area contributed by atoms with E-state index in [4.69, 9.17) is 4.74 Å². The second-order valence-corrected chi connectivity index (χ2v) is 9.98. The third-order valence-electron chi connectivity index (χ3n) is 4.41. The van der Waals surface area contributed by atoms with Crippen LogP contribution in [0.25, 0.3) is 0 Å². The number of hydrogen-bond acceptors (Lipinski definition) is 6. The van der Waals surface area contributed by atoms with Crippen molar-refractivity contribution in [2.24, 2.45) is 5.92 Å². The van der Waals surface area contributed by atoms with Crippen molar-refractivity contribution in [1.82, 2.24) is 0 Å². The Morgan fingerprint density at radius 1 is 1.30 bits per heavy atom. The van der Waals surface area contributed by atoms with Gasteiger partial charge in [0.1, 0.15) is 4.88 Å². The number of aryl methyl sites for hydroxylation is 1. The predicted molar refractivity (Wildman–Crippen MR) is 104 cm³/mol. The van der Waals surface area contributed by atoms with Crippen molar-refractivity contribution >= 4 is 38.7 Å². The van der Waals surface area contributed by atoms with Crippen LogP contribution in [0.5, 0.6) is 0 Å². The number of thiophene rings is 1. The first-order chi connectivity index (χ1) is 12.7. The molecule has 1 N–H and O–H groups in total. The van der Waals surface area contributed by atoms with Crippen LogP contribution in [0.1, 0.15) is 33.5 Å². The van der Waals surface area contributed by atoms with Crippen LogP contribution >= 0.6 is 11.3 Å². The number of ether oxygens (including phenoxy) is 1. The van der Waals surface area contributed by atoms with Gasteiger partial charge in [0.25, 0.3) is 5.91 Å². The number of benzene rings is 1. The summed E-state index contributed by atoms with van der Waals surface area (Å²) in [4.78, 5) is 26.1. The lowest BCUT2D eigenvalue weighted by Gasteiger charge is -2.16. The summed E-state index contributed by atoms with van der Waals surface area (Å²) in [6, 6.07) is 7.79. The molecular formula is C19H21NO5S2. The molecule has 1 aliphatic rings. The molecule has 144 valence electrons. The Hall–Kier alpha value is -2.19. The van der Waals surface area contributed by atoms with Crippen molar-refractivity contribution in [2.45, 2.75) is 31.1 Å². The molecule has 1 atom stereocenters. The van der Waals surface area contributed by atoms with Crippen molar-refractivity contribution < 1.29 is 22.7 Å². The van der Waals surface area contributed by atoms with E-state index in [1.807, 2.05) is 6.07 Å². The largest absolute Gasteiger partial charge is 0.451 e. The smallest absolute Gasteiger partial charge is 0.348 e. The van der Waals surface area contributed by atoms with Crippen molar-refractivity contribution in [3.05, 3.63) is 45.6 Å². The molecule has 1 aromatic carbocycles. The SMILES string of the molecule is C[C@H]1CCc2sc(C(=O)OCC(=O)Nc3cccc(S(C)(=O)=O)c3)cc2C1. The molecule has 0 saturated heterocycles. The molecule has 8 heteroatoms. The fourth-order valence-corrected chi connectivity index (χ4v) is 4.78. The highest BCUT2D eigenvalue weighted by atomic mass is 32.2. The zero-order valence-corrected chi connectivity index (χ0v) is 16.8. The molecule has 0 fully saturated rings. The Bertz CT molecular complexity index is 978. The molecular weight excluding hydrogens is 386 g/mol. The van der Waals surface area contributed by atoms with Crippen LogP contribution in [0.2, 0.25) is 0 Å². The van der Waals surface area contributed by atoms with Crippen LogP contribution in [0, 0.1) is 5.92 Å². The van der Waals surface area contributed by atoms with E-state index >= 15 is 0 Å². The van der Waals surface area contributed by atoms with Gasteiger partial charge in [-0.3, -0.25) is 4.79 Å². The minimum Gasteiger partial charge on any atom is -0.451 e. The number of anilines is 1. The molecule has 0 spiro atoms. The number of amides is 1. The topological polar surface area (TPSA) is 89.5 Å². The summed E-state index contributed by atoms with van der Waals surface area (Å²) in [7, 11) is -3.36. The van der Waals surface area contributed by atoms with Crippen LogP contribution < -0.4 is 5.32 Å². The molecule has 27 heavy (non-hydrogen) atoms. The Balaban J connectivity index is 1.57. The summed E-state index contributed by atoms with van der Waals surface area (Å²) >= 11 is 1.43. The lowest BCUT2D eigenvalue weighted by molar-refractivity contribution is -0.119. The molecule has 0 aliphatic heterocycles. The van der Waals surface area contributed by atoms with Gasteiger partial charge in [-0.15, -0.1) is 11.3 Å². The monoisotopic (exact) mass is 407 g/mol. The quantitative estimate of drug-likeness (QED) is 0.770. The number of carbonyl (C=O) groups is 2. The molecule has 0 unspecified atom stereocenters. The minimum atomic E-state index is -3.36. The summed E-state index contributed by atoms with van der Waals surface area (Å²) in [5.41, 5.74) is 1.53. The molecule has 3 rings (SSSR count). The molecule has 1 aromatic heterocycles. The molecule has 0 saturated carbocycles. The first kappa shape index (κ1) is 19.6. The first-order valence-corrected chi connectivity index (χ1v) is 11.3. The second-order valence-electron chi connectivity index (χ2n) is 6.83. The van der Waals surface area contributed by atoms with Gasteiger partial charge in [-0.2, -0.15) is 0 Å². The summed E-state index contributed by atoms with van der Waals surface area (Å²) < 4.78 is 28.2. The molecule has 6 nitrogen and oxygen atoms in total. The van der Waals surface area contributed by atoms with Crippen LogP contribution in [-0.4, -0.2) is 33.2 Å². The maximum absolute atomic E-state index is 12.2. The van der Waals surface area contributed by atoms with Gasteiger partial charge in [0, 0.05) is 16.8 Å². The van der Waals surface area contributed by atoms with E-state index in [2.05, 4.69) is 12.2 Å². The van der Waals surface area contributed by atoms with Gasteiger partial charge in [-0.1, -0.05) is 13.0 Å². The zero-order valence-electron chi connectivity index (χ0n) is 15.2. The van der Waals surface area contributed by atoms with Crippen LogP contribution in [0.4, 0.5) is 5.69 Å². The zero-order chi connectivity index (χ0) is 19.6. The van der Waals surface area contributed by atoms with Gasteiger partial charge < -0.3 is 10.1 Å². The average molecular weight is 408 g/mol. The van der Waals surface area contributed by atoms with E-state index < -0.39 is 28.3 Å². The van der Waals surface area contributed by atoms with E-state index in [1.165, 1.54) is 40.0 Å². The fraction of sp³-hybridized carbons (Fsp3) is 0.368. The molecule has 0 radical (unpaired) electrons. The lowest BCUT2D eigenvalue weighted by Crippen LogP contribution is -2.20. The number of nitrogens with one attached hydrogen (secondary N) is 1. The maximum atomic E-state index is 12.2. The van der Waals surface area contributed by atoms with Gasteiger partial charge in [-0.05, 0) is 55.0 Å². The summed E-state index contributed by atoms with van der Waals surface area (Å²) in [6.07, 6.45) is 4.16. The standard InChI is InChI=1S/C19H21NO5S2/c1-12-6-7-16-13(8-12)9-17(26-16)19(22)25-11-18(21)20-14-4-3-5-15(10-14)27(2,23)24/h3-5,9-10,12H,6-8,11H2,1-2H3,(H,20,21)/t12-/m0/s1. The van der Waals surface area contributed by atoms with Gasteiger partial charge in [0.15, 0.2) is 16.4 Å². The van der Waals surface area contributed by atoms with Gasteiger partial charge in [0.05, 0.1) is 4.90 Å². The van der Waals surface area contributed by atoms with E-state index in [9.17, 15) is 18.0 Å². The first-order valence-electron chi connectivity index (χ1n) is 8.61. The second kappa shape index (κ2) is 7.82. The molecule has 2 aromatic rings. The van der Waals surface area contributed by atoms with Crippen molar-refractivity contribution in [2.75, 3.05) is 18.2 Å². The predicted octanol–water partition coefficient (Wildman–Crippen LogP) is 3.07. The minimum absolute atomic E-state index is 0.107. The third kappa shape index (κ3) is 4.95. The molecule has 1 aliphatic carbocycles. The van der Waals surface area contributed by atoms with Gasteiger partial charge >= 0.3 is 5.97 Å². The number of hydrogen-bond donors (Lipinski definition) is 1. The molecule has 1 heterocycles. The fourth-order valence-electron chi connectivity index (χ4n) is 3.01. The Morgan fingerprint density at radius 3 is 2.81 bits per heavy atom. The Morgan fingerprint density at radius 2 is 2.07 bits per heavy atom. The molecule has 0 bridgehead atoms. The summed E-state index contributed by atoms with van der Waals surface area (Å²) in [5, 5.41) is 2.54. The van der Waals surface area contributed by atoms with E-state index in [0.29, 0.717) is 16.5 Å². The average Bonchev–Trinajstić information content (AvgIpc) is 3.02. The Kier molecular flexibility index (Phi) is 5.67. The number of esters is 1. The lowest BCUT2D eigenvalue weighted by atomic mass is 9.90.